The van der Waals surface area contributed by atoms with Gasteiger partial charge in [0.15, 0.2) is 0 Å². The van der Waals surface area contributed by atoms with Gasteiger partial charge in [0.1, 0.15) is 0 Å². The van der Waals surface area contributed by atoms with Crippen LogP contribution in [-0.2, 0) is 20.5 Å². The fourth-order valence-corrected chi connectivity index (χ4v) is 3.37. The first kappa shape index (κ1) is 19.4. The molecule has 1 N–H and O–H groups in total. The molecule has 0 unspecified atom stereocenters. The van der Waals surface area contributed by atoms with Crippen molar-refractivity contribution < 1.29 is 27.5 Å². The van der Waals surface area contributed by atoms with Crippen LogP contribution in [0.15, 0.2) is 36.4 Å². The summed E-state index contributed by atoms with van der Waals surface area (Å²) in [5.41, 5.74) is -0.499. The van der Waals surface area contributed by atoms with Gasteiger partial charge in [-0.25, -0.2) is 0 Å². The van der Waals surface area contributed by atoms with Crippen molar-refractivity contribution in [3.8, 4) is 0 Å². The largest absolute Gasteiger partial charge is 0.416 e. The Morgan fingerprint density at radius 3 is 2.19 bits per heavy atom. The monoisotopic (exact) mass is 382 g/mol. The molecule has 0 spiro atoms. The zero-order valence-electron chi connectivity index (χ0n) is 14.7. The molecule has 2 aliphatic rings. The van der Waals surface area contributed by atoms with Crippen LogP contribution in [0.1, 0.15) is 18.4 Å². The summed E-state index contributed by atoms with van der Waals surface area (Å²) < 4.78 is 43.2. The number of hydrogen-bond acceptors (Lipinski definition) is 3. The molecule has 27 heavy (non-hydrogen) atoms. The van der Waals surface area contributed by atoms with E-state index in [1.807, 2.05) is 12.2 Å². The van der Waals surface area contributed by atoms with E-state index in [0.717, 1.165) is 12.1 Å². The van der Waals surface area contributed by atoms with Gasteiger partial charge in [-0.15, -0.1) is 0 Å². The van der Waals surface area contributed by atoms with Crippen LogP contribution < -0.4 is 5.32 Å². The summed E-state index contributed by atoms with van der Waals surface area (Å²) in [5, 5.41) is 2.64. The Bertz CT molecular complexity index is 710. The number of morpholine rings is 1. The molecule has 0 aromatic heterocycles. The predicted molar refractivity (Wildman–Crippen MR) is 92.8 cm³/mol. The van der Waals surface area contributed by atoms with Gasteiger partial charge in [-0.05, 0) is 37.1 Å². The van der Waals surface area contributed by atoms with Crippen LogP contribution in [0.5, 0.6) is 0 Å². The van der Waals surface area contributed by atoms with Crippen molar-refractivity contribution in [3.63, 3.8) is 0 Å². The maximum atomic E-state index is 12.8. The fraction of sp³-hybridized carbons (Fsp3) is 0.474. The Hall–Kier alpha value is -2.35. The number of hydrogen-bond donors (Lipinski definition) is 1. The van der Waals surface area contributed by atoms with E-state index in [-0.39, 0.29) is 17.5 Å². The van der Waals surface area contributed by atoms with Crippen molar-refractivity contribution in [3.05, 3.63) is 42.0 Å². The molecule has 2 atom stereocenters. The molecular weight excluding hydrogens is 361 g/mol. The first-order chi connectivity index (χ1) is 12.9. The SMILES string of the molecule is O=C(Nc1ccc(C(F)(F)F)cc1)[C@H]1CC=CC[C@H]1C(=O)N1CCOCC1. The summed E-state index contributed by atoms with van der Waals surface area (Å²) in [7, 11) is 0. The highest BCUT2D eigenvalue weighted by Gasteiger charge is 2.37. The van der Waals surface area contributed by atoms with Crippen LogP contribution in [-0.4, -0.2) is 43.0 Å². The van der Waals surface area contributed by atoms with Gasteiger partial charge in [-0.3, -0.25) is 9.59 Å². The Morgan fingerprint density at radius 2 is 1.59 bits per heavy atom. The van der Waals surface area contributed by atoms with Crippen LogP contribution in [0.4, 0.5) is 18.9 Å². The maximum absolute atomic E-state index is 12.8. The number of alkyl halides is 3. The van der Waals surface area contributed by atoms with Crippen LogP contribution in [0.3, 0.4) is 0 Å². The van der Waals surface area contributed by atoms with E-state index in [0.29, 0.717) is 39.1 Å². The van der Waals surface area contributed by atoms with Crippen molar-refractivity contribution >= 4 is 17.5 Å². The molecule has 5 nitrogen and oxygen atoms in total. The molecular formula is C19H21F3N2O3. The third kappa shape index (κ3) is 4.68. The zero-order valence-corrected chi connectivity index (χ0v) is 14.7. The van der Waals surface area contributed by atoms with Crippen LogP contribution in [0.2, 0.25) is 0 Å². The van der Waals surface area contributed by atoms with E-state index in [4.69, 9.17) is 4.74 Å². The van der Waals surface area contributed by atoms with Crippen LogP contribution in [0, 0.1) is 11.8 Å². The molecule has 1 aliphatic carbocycles. The second kappa shape index (κ2) is 8.12. The average molecular weight is 382 g/mol. The number of anilines is 1. The smallest absolute Gasteiger partial charge is 0.378 e. The van der Waals surface area contributed by atoms with Gasteiger partial charge < -0.3 is 15.0 Å². The molecule has 1 fully saturated rings. The second-order valence-electron chi connectivity index (χ2n) is 6.66. The Kier molecular flexibility index (Phi) is 5.84. The summed E-state index contributed by atoms with van der Waals surface area (Å²) in [4.78, 5) is 27.2. The van der Waals surface area contributed by atoms with Crippen molar-refractivity contribution in [2.75, 3.05) is 31.6 Å². The van der Waals surface area contributed by atoms with E-state index >= 15 is 0 Å². The van der Waals surface area contributed by atoms with Crippen molar-refractivity contribution in [2.45, 2.75) is 19.0 Å². The van der Waals surface area contributed by atoms with Gasteiger partial charge in [-0.2, -0.15) is 13.2 Å². The summed E-state index contributed by atoms with van der Waals surface area (Å²) in [6, 6.07) is 4.29. The molecule has 1 saturated heterocycles. The number of allylic oxidation sites excluding steroid dienone is 2. The van der Waals surface area contributed by atoms with Crippen molar-refractivity contribution in [1.29, 1.82) is 0 Å². The lowest BCUT2D eigenvalue weighted by Crippen LogP contribution is -2.47. The summed E-state index contributed by atoms with van der Waals surface area (Å²) in [6.07, 6.45) is 0.228. The molecule has 1 aromatic carbocycles. The Balaban J connectivity index is 1.68. The number of ether oxygens (including phenoxy) is 1. The molecule has 0 radical (unpaired) electrons. The van der Waals surface area contributed by atoms with E-state index in [9.17, 15) is 22.8 Å². The fourth-order valence-electron chi connectivity index (χ4n) is 3.37. The van der Waals surface area contributed by atoms with Gasteiger partial charge in [0.25, 0.3) is 0 Å². The standard InChI is InChI=1S/C19H21F3N2O3/c20-19(21,22)13-5-7-14(8-6-13)23-17(25)15-3-1-2-4-16(15)18(26)24-9-11-27-12-10-24/h1-2,5-8,15-16H,3-4,9-12H2,(H,23,25)/t15-,16+/m0/s1. The van der Waals surface area contributed by atoms with Crippen LogP contribution in [0.25, 0.3) is 0 Å². The minimum absolute atomic E-state index is 0.0739. The molecule has 1 aliphatic heterocycles. The van der Waals surface area contributed by atoms with E-state index < -0.39 is 23.6 Å². The number of carbonyl (C=O) groups is 2. The second-order valence-corrected chi connectivity index (χ2v) is 6.66. The lowest BCUT2D eigenvalue weighted by molar-refractivity contribution is -0.144. The molecule has 2 amide bonds. The van der Waals surface area contributed by atoms with Gasteiger partial charge >= 0.3 is 6.18 Å². The number of benzene rings is 1. The lowest BCUT2D eigenvalue weighted by Gasteiger charge is -2.34. The van der Waals surface area contributed by atoms with Gasteiger partial charge in [0.05, 0.1) is 30.6 Å². The highest BCUT2D eigenvalue weighted by Crippen LogP contribution is 2.31. The molecule has 8 heteroatoms. The highest BCUT2D eigenvalue weighted by atomic mass is 19.4. The van der Waals surface area contributed by atoms with Gasteiger partial charge in [0.2, 0.25) is 11.8 Å². The number of rotatable bonds is 3. The van der Waals surface area contributed by atoms with Crippen LogP contribution >= 0.6 is 0 Å². The van der Waals surface area contributed by atoms with Crippen molar-refractivity contribution in [2.24, 2.45) is 11.8 Å². The van der Waals surface area contributed by atoms with E-state index in [2.05, 4.69) is 5.32 Å². The normalized spacial score (nSPS) is 23.1. The highest BCUT2D eigenvalue weighted by molar-refractivity contribution is 5.96. The molecule has 1 heterocycles. The zero-order chi connectivity index (χ0) is 19.4. The number of nitrogens with zero attached hydrogens (tertiary/aromatic N) is 1. The predicted octanol–water partition coefficient (Wildman–Crippen LogP) is 3.09. The van der Waals surface area contributed by atoms with Gasteiger partial charge in [-0.1, -0.05) is 12.2 Å². The summed E-state index contributed by atoms with van der Waals surface area (Å²) in [5.74, 6) is -1.45. The number of halogens is 3. The van der Waals surface area contributed by atoms with E-state index in [1.54, 1.807) is 4.90 Å². The first-order valence-corrected chi connectivity index (χ1v) is 8.86. The number of amides is 2. The lowest BCUT2D eigenvalue weighted by atomic mass is 9.81. The maximum Gasteiger partial charge on any atom is 0.416 e. The first-order valence-electron chi connectivity index (χ1n) is 8.86. The molecule has 3 rings (SSSR count). The minimum Gasteiger partial charge on any atom is -0.378 e. The third-order valence-corrected chi connectivity index (χ3v) is 4.89. The average Bonchev–Trinajstić information content (AvgIpc) is 2.68. The minimum atomic E-state index is -4.42. The topological polar surface area (TPSA) is 58.6 Å². The summed E-state index contributed by atoms with van der Waals surface area (Å²) >= 11 is 0. The Labute approximate surface area is 155 Å². The number of carbonyl (C=O) groups excluding carboxylic acids is 2. The van der Waals surface area contributed by atoms with Gasteiger partial charge in [0, 0.05) is 18.8 Å². The molecule has 0 saturated carbocycles. The number of nitrogens with one attached hydrogen (secondary N) is 1. The molecule has 146 valence electrons. The quantitative estimate of drug-likeness (QED) is 0.818. The Morgan fingerprint density at radius 1 is 1.00 bits per heavy atom. The third-order valence-electron chi connectivity index (χ3n) is 4.89. The van der Waals surface area contributed by atoms with Crippen molar-refractivity contribution in [1.82, 2.24) is 4.90 Å². The molecule has 1 aromatic rings. The van der Waals surface area contributed by atoms with E-state index in [1.165, 1.54) is 12.1 Å². The summed E-state index contributed by atoms with van der Waals surface area (Å²) in [6.45, 7) is 1.98. The molecule has 0 bridgehead atoms.